The SMILES string of the molecule is C/C(=N\NC(=O)C(C)Oc1ccc(Cl)cc1C)c1ccccc1O. The normalized spacial score (nSPS) is 12.6. The molecule has 1 amide bonds. The summed E-state index contributed by atoms with van der Waals surface area (Å²) < 4.78 is 5.63. The molecular formula is C18H19ClN2O3. The van der Waals surface area contributed by atoms with Gasteiger partial charge in [0.25, 0.3) is 5.91 Å². The van der Waals surface area contributed by atoms with Crippen molar-refractivity contribution in [1.82, 2.24) is 5.43 Å². The summed E-state index contributed by atoms with van der Waals surface area (Å²) in [5.41, 5.74) is 4.34. The highest BCUT2D eigenvalue weighted by atomic mass is 35.5. The molecule has 0 aliphatic carbocycles. The summed E-state index contributed by atoms with van der Waals surface area (Å²) in [5.74, 6) is 0.302. The van der Waals surface area contributed by atoms with Gasteiger partial charge in [-0.1, -0.05) is 23.7 Å². The van der Waals surface area contributed by atoms with Gasteiger partial charge in [-0.15, -0.1) is 0 Å². The second kappa shape index (κ2) is 7.84. The Morgan fingerprint density at radius 3 is 2.67 bits per heavy atom. The predicted molar refractivity (Wildman–Crippen MR) is 94.7 cm³/mol. The molecule has 0 bridgehead atoms. The predicted octanol–water partition coefficient (Wildman–Crippen LogP) is 3.66. The quantitative estimate of drug-likeness (QED) is 0.641. The maximum Gasteiger partial charge on any atom is 0.280 e. The second-order valence-corrected chi connectivity index (χ2v) is 5.80. The van der Waals surface area contributed by atoms with Gasteiger partial charge >= 0.3 is 0 Å². The lowest BCUT2D eigenvalue weighted by molar-refractivity contribution is -0.127. The minimum absolute atomic E-state index is 0.106. The van der Waals surface area contributed by atoms with E-state index in [9.17, 15) is 9.90 Å². The highest BCUT2D eigenvalue weighted by Crippen LogP contribution is 2.22. The molecule has 0 fully saturated rings. The average Bonchev–Trinajstić information content (AvgIpc) is 2.55. The summed E-state index contributed by atoms with van der Waals surface area (Å²) in [7, 11) is 0. The molecule has 5 nitrogen and oxygen atoms in total. The van der Waals surface area contributed by atoms with E-state index in [1.54, 1.807) is 56.3 Å². The number of rotatable bonds is 5. The van der Waals surface area contributed by atoms with Crippen molar-refractivity contribution in [1.29, 1.82) is 0 Å². The van der Waals surface area contributed by atoms with Crippen LogP contribution in [0.4, 0.5) is 0 Å². The van der Waals surface area contributed by atoms with E-state index in [0.717, 1.165) is 5.56 Å². The first-order chi connectivity index (χ1) is 11.4. The zero-order chi connectivity index (χ0) is 17.7. The van der Waals surface area contributed by atoms with Gasteiger partial charge in [-0.3, -0.25) is 4.79 Å². The van der Waals surface area contributed by atoms with Gasteiger partial charge in [0.15, 0.2) is 6.10 Å². The molecule has 6 heteroatoms. The Balaban J connectivity index is 2.01. The van der Waals surface area contributed by atoms with Crippen molar-refractivity contribution in [3.05, 3.63) is 58.6 Å². The summed E-state index contributed by atoms with van der Waals surface area (Å²) in [4.78, 5) is 12.1. The minimum atomic E-state index is -0.731. The number of hydrogen-bond acceptors (Lipinski definition) is 4. The number of amides is 1. The molecule has 2 rings (SSSR count). The molecule has 0 radical (unpaired) electrons. The Bertz CT molecular complexity index is 775. The van der Waals surface area contributed by atoms with Gasteiger partial charge in [0, 0.05) is 10.6 Å². The lowest BCUT2D eigenvalue weighted by atomic mass is 10.1. The number of ether oxygens (including phenoxy) is 1. The van der Waals surface area contributed by atoms with Crippen LogP contribution < -0.4 is 10.2 Å². The van der Waals surface area contributed by atoms with E-state index in [2.05, 4.69) is 10.5 Å². The van der Waals surface area contributed by atoms with E-state index in [0.29, 0.717) is 22.0 Å². The van der Waals surface area contributed by atoms with Crippen LogP contribution in [0, 0.1) is 6.92 Å². The number of phenols is 1. The fourth-order valence-corrected chi connectivity index (χ4v) is 2.29. The molecule has 1 atom stereocenters. The summed E-state index contributed by atoms with van der Waals surface area (Å²) >= 11 is 5.90. The van der Waals surface area contributed by atoms with Crippen LogP contribution in [0.15, 0.2) is 47.6 Å². The number of nitrogens with zero attached hydrogens (tertiary/aromatic N) is 1. The number of benzene rings is 2. The smallest absolute Gasteiger partial charge is 0.280 e. The largest absolute Gasteiger partial charge is 0.507 e. The van der Waals surface area contributed by atoms with Crippen molar-refractivity contribution in [3.8, 4) is 11.5 Å². The third-order valence-corrected chi connectivity index (χ3v) is 3.67. The molecule has 0 saturated heterocycles. The van der Waals surface area contributed by atoms with E-state index in [-0.39, 0.29) is 11.7 Å². The van der Waals surface area contributed by atoms with Gasteiger partial charge in [-0.25, -0.2) is 5.43 Å². The standard InChI is InChI=1S/C18H19ClN2O3/c1-11-10-14(19)8-9-17(11)24-13(3)18(23)21-20-12(2)15-6-4-5-7-16(15)22/h4-10,13,22H,1-3H3,(H,21,23)/b20-12+. The maximum absolute atomic E-state index is 12.1. The highest BCUT2D eigenvalue weighted by molar-refractivity contribution is 6.30. The monoisotopic (exact) mass is 346 g/mol. The molecule has 2 aromatic carbocycles. The average molecular weight is 347 g/mol. The number of nitrogens with one attached hydrogen (secondary N) is 1. The minimum Gasteiger partial charge on any atom is -0.507 e. The van der Waals surface area contributed by atoms with Crippen LogP contribution in [0.5, 0.6) is 11.5 Å². The van der Waals surface area contributed by atoms with E-state index in [4.69, 9.17) is 16.3 Å². The third kappa shape index (κ3) is 4.49. The van der Waals surface area contributed by atoms with Gasteiger partial charge in [-0.2, -0.15) is 5.10 Å². The Labute approximate surface area is 145 Å². The molecule has 2 N–H and O–H groups in total. The zero-order valence-electron chi connectivity index (χ0n) is 13.7. The number of para-hydroxylation sites is 1. The van der Waals surface area contributed by atoms with Gasteiger partial charge in [0.2, 0.25) is 0 Å². The Morgan fingerprint density at radius 2 is 2.00 bits per heavy atom. The second-order valence-electron chi connectivity index (χ2n) is 5.36. The fraction of sp³-hybridized carbons (Fsp3) is 0.222. The molecule has 0 aliphatic rings. The van der Waals surface area contributed by atoms with Crippen LogP contribution in [-0.2, 0) is 4.79 Å². The van der Waals surface area contributed by atoms with E-state index in [1.165, 1.54) is 0 Å². The molecule has 24 heavy (non-hydrogen) atoms. The molecule has 0 spiro atoms. The van der Waals surface area contributed by atoms with Crippen LogP contribution in [0.2, 0.25) is 5.02 Å². The molecular weight excluding hydrogens is 328 g/mol. The van der Waals surface area contributed by atoms with Crippen molar-refractivity contribution in [3.63, 3.8) is 0 Å². The number of aromatic hydroxyl groups is 1. The number of aryl methyl sites for hydroxylation is 1. The van der Waals surface area contributed by atoms with Gasteiger partial charge in [0.1, 0.15) is 11.5 Å². The topological polar surface area (TPSA) is 70.9 Å². The van der Waals surface area contributed by atoms with Crippen molar-refractivity contribution < 1.29 is 14.6 Å². The van der Waals surface area contributed by atoms with E-state index >= 15 is 0 Å². The first-order valence-corrected chi connectivity index (χ1v) is 7.81. The molecule has 0 aliphatic heterocycles. The van der Waals surface area contributed by atoms with Crippen molar-refractivity contribution >= 4 is 23.2 Å². The van der Waals surface area contributed by atoms with Crippen LogP contribution in [-0.4, -0.2) is 22.8 Å². The van der Waals surface area contributed by atoms with Crippen LogP contribution in [0.1, 0.15) is 25.0 Å². The first kappa shape index (κ1) is 17.8. The van der Waals surface area contributed by atoms with Crippen molar-refractivity contribution in [2.45, 2.75) is 26.9 Å². The Kier molecular flexibility index (Phi) is 5.82. The summed E-state index contributed by atoms with van der Waals surface area (Å²) in [6, 6.07) is 12.0. The van der Waals surface area contributed by atoms with E-state index in [1.807, 2.05) is 6.92 Å². The number of hydrogen-bond donors (Lipinski definition) is 2. The van der Waals surface area contributed by atoms with E-state index < -0.39 is 6.10 Å². The number of carbonyl (C=O) groups excluding carboxylic acids is 1. The third-order valence-electron chi connectivity index (χ3n) is 3.44. The van der Waals surface area contributed by atoms with Crippen molar-refractivity contribution in [2.24, 2.45) is 5.10 Å². The van der Waals surface area contributed by atoms with Crippen molar-refractivity contribution in [2.75, 3.05) is 0 Å². The number of carbonyl (C=O) groups is 1. The molecule has 0 saturated carbocycles. The molecule has 0 aromatic heterocycles. The Morgan fingerprint density at radius 1 is 1.29 bits per heavy atom. The van der Waals surface area contributed by atoms with Gasteiger partial charge < -0.3 is 9.84 Å². The van der Waals surface area contributed by atoms with Gasteiger partial charge in [-0.05, 0) is 56.7 Å². The Hall–Kier alpha value is -2.53. The van der Waals surface area contributed by atoms with Crippen LogP contribution in [0.3, 0.4) is 0 Å². The maximum atomic E-state index is 12.1. The van der Waals surface area contributed by atoms with Crippen LogP contribution >= 0.6 is 11.6 Å². The summed E-state index contributed by atoms with van der Waals surface area (Å²) in [6.45, 7) is 5.19. The fourth-order valence-electron chi connectivity index (χ4n) is 2.06. The molecule has 1 unspecified atom stereocenters. The lowest BCUT2D eigenvalue weighted by Crippen LogP contribution is -2.34. The number of halogens is 1. The molecule has 2 aromatic rings. The van der Waals surface area contributed by atoms with Crippen LogP contribution in [0.25, 0.3) is 0 Å². The van der Waals surface area contributed by atoms with Gasteiger partial charge in [0.05, 0.1) is 5.71 Å². The number of phenolic OH excluding ortho intramolecular Hbond substituents is 1. The first-order valence-electron chi connectivity index (χ1n) is 7.44. The highest BCUT2D eigenvalue weighted by Gasteiger charge is 2.15. The lowest BCUT2D eigenvalue weighted by Gasteiger charge is -2.15. The summed E-state index contributed by atoms with van der Waals surface area (Å²) in [5, 5.41) is 14.4. The molecule has 126 valence electrons. The zero-order valence-corrected chi connectivity index (χ0v) is 14.5. The molecule has 0 heterocycles. The summed E-state index contributed by atoms with van der Waals surface area (Å²) in [6.07, 6.45) is -0.731. The number of hydrazone groups is 1.